The number of hydrogen-bond donors (Lipinski definition) is 2. The van der Waals surface area contributed by atoms with Crippen molar-refractivity contribution in [2.24, 2.45) is 0 Å². The van der Waals surface area contributed by atoms with E-state index >= 15 is 0 Å². The minimum atomic E-state index is 0.143. The maximum atomic E-state index is 11.6. The number of methoxy groups -OCH3 is 1. The molecule has 0 radical (unpaired) electrons. The highest BCUT2D eigenvalue weighted by Gasteiger charge is 2.22. The summed E-state index contributed by atoms with van der Waals surface area (Å²) in [7, 11) is 1.71. The number of para-hydroxylation sites is 1. The molecule has 104 valence electrons. The molecule has 1 saturated carbocycles. The molecule has 0 saturated heterocycles. The molecule has 0 aliphatic heterocycles. The fraction of sp³-hybridized carbons (Fsp3) is 0.533. The van der Waals surface area contributed by atoms with Gasteiger partial charge < -0.3 is 15.4 Å². The molecule has 1 amide bonds. The summed E-state index contributed by atoms with van der Waals surface area (Å²) < 4.78 is 5.10. The van der Waals surface area contributed by atoms with Gasteiger partial charge in [-0.1, -0.05) is 18.2 Å². The van der Waals surface area contributed by atoms with Crippen molar-refractivity contribution in [2.45, 2.75) is 31.7 Å². The molecule has 0 aromatic heterocycles. The first-order valence-electron chi connectivity index (χ1n) is 6.89. The minimum Gasteiger partial charge on any atom is -0.384 e. The smallest absolute Gasteiger partial charge is 0.221 e. The number of rotatable bonds is 8. The Kier molecular flexibility index (Phi) is 5.21. The summed E-state index contributed by atoms with van der Waals surface area (Å²) in [5, 5.41) is 6.32. The van der Waals surface area contributed by atoms with E-state index < -0.39 is 0 Å². The molecule has 0 spiro atoms. The minimum absolute atomic E-state index is 0.143. The lowest BCUT2D eigenvalue weighted by Crippen LogP contribution is -2.27. The van der Waals surface area contributed by atoms with Crippen molar-refractivity contribution in [1.82, 2.24) is 5.32 Å². The third kappa shape index (κ3) is 4.91. The lowest BCUT2D eigenvalue weighted by Gasteiger charge is -2.11. The molecule has 1 aliphatic rings. The van der Waals surface area contributed by atoms with Gasteiger partial charge in [0.15, 0.2) is 0 Å². The number of benzene rings is 1. The van der Waals surface area contributed by atoms with Crippen LogP contribution in [0.5, 0.6) is 0 Å². The van der Waals surface area contributed by atoms with E-state index in [9.17, 15) is 4.79 Å². The summed E-state index contributed by atoms with van der Waals surface area (Å²) in [5.74, 6) is 0.143. The first-order chi connectivity index (χ1) is 9.29. The molecule has 19 heavy (non-hydrogen) atoms. The number of carbonyl (C=O) groups is 1. The Balaban J connectivity index is 1.76. The molecule has 1 aliphatic carbocycles. The summed E-state index contributed by atoms with van der Waals surface area (Å²) >= 11 is 0. The lowest BCUT2D eigenvalue weighted by molar-refractivity contribution is -0.120. The molecule has 2 rings (SSSR count). The van der Waals surface area contributed by atoms with E-state index in [1.165, 1.54) is 5.56 Å². The summed E-state index contributed by atoms with van der Waals surface area (Å²) in [5.41, 5.74) is 2.32. The average Bonchev–Trinajstić information content (AvgIpc) is 3.21. The van der Waals surface area contributed by atoms with E-state index in [-0.39, 0.29) is 5.91 Å². The van der Waals surface area contributed by atoms with Crippen molar-refractivity contribution >= 4 is 11.6 Å². The SMILES string of the molecule is COCCc1ccccc1NCCC(=O)NC1CC1. The van der Waals surface area contributed by atoms with Gasteiger partial charge in [-0.15, -0.1) is 0 Å². The Bertz CT molecular complexity index is 416. The van der Waals surface area contributed by atoms with Crippen molar-refractivity contribution in [1.29, 1.82) is 0 Å². The van der Waals surface area contributed by atoms with E-state index in [1.54, 1.807) is 7.11 Å². The fourth-order valence-corrected chi connectivity index (χ4v) is 1.96. The van der Waals surface area contributed by atoms with Crippen molar-refractivity contribution in [2.75, 3.05) is 25.6 Å². The van der Waals surface area contributed by atoms with Gasteiger partial charge >= 0.3 is 0 Å². The van der Waals surface area contributed by atoms with Gasteiger partial charge in [-0.3, -0.25) is 4.79 Å². The lowest BCUT2D eigenvalue weighted by atomic mass is 10.1. The Morgan fingerprint density at radius 1 is 1.37 bits per heavy atom. The van der Waals surface area contributed by atoms with E-state index in [4.69, 9.17) is 4.74 Å². The maximum Gasteiger partial charge on any atom is 0.221 e. The molecule has 2 N–H and O–H groups in total. The van der Waals surface area contributed by atoms with Crippen LogP contribution in [0, 0.1) is 0 Å². The predicted octanol–water partition coefficient (Wildman–Crippen LogP) is 1.96. The third-order valence-electron chi connectivity index (χ3n) is 3.20. The van der Waals surface area contributed by atoms with Gasteiger partial charge in [-0.2, -0.15) is 0 Å². The molecule has 4 heteroatoms. The Morgan fingerprint density at radius 2 is 2.16 bits per heavy atom. The second-order valence-electron chi connectivity index (χ2n) is 4.92. The topological polar surface area (TPSA) is 50.4 Å². The predicted molar refractivity (Wildman–Crippen MR) is 76.3 cm³/mol. The Hall–Kier alpha value is -1.55. The monoisotopic (exact) mass is 262 g/mol. The van der Waals surface area contributed by atoms with Gasteiger partial charge in [0.2, 0.25) is 5.91 Å². The number of ether oxygens (including phenoxy) is 1. The molecule has 1 fully saturated rings. The van der Waals surface area contributed by atoms with E-state index in [1.807, 2.05) is 18.2 Å². The number of amides is 1. The van der Waals surface area contributed by atoms with Crippen LogP contribution in [0.25, 0.3) is 0 Å². The molecule has 1 aromatic carbocycles. The normalized spacial score (nSPS) is 14.2. The summed E-state index contributed by atoms with van der Waals surface area (Å²) in [6.07, 6.45) is 3.68. The van der Waals surface area contributed by atoms with Crippen LogP contribution in [-0.4, -0.2) is 32.2 Å². The summed E-state index contributed by atoms with van der Waals surface area (Å²) in [6.45, 7) is 1.38. The third-order valence-corrected chi connectivity index (χ3v) is 3.20. The maximum absolute atomic E-state index is 11.6. The average molecular weight is 262 g/mol. The number of nitrogens with one attached hydrogen (secondary N) is 2. The van der Waals surface area contributed by atoms with E-state index in [2.05, 4.69) is 16.7 Å². The van der Waals surface area contributed by atoms with Gasteiger partial charge in [0, 0.05) is 31.8 Å². The van der Waals surface area contributed by atoms with Crippen molar-refractivity contribution in [3.63, 3.8) is 0 Å². The van der Waals surface area contributed by atoms with Gasteiger partial charge in [0.05, 0.1) is 6.61 Å². The second-order valence-corrected chi connectivity index (χ2v) is 4.92. The van der Waals surface area contributed by atoms with Crippen molar-refractivity contribution < 1.29 is 9.53 Å². The van der Waals surface area contributed by atoms with Crippen LogP contribution < -0.4 is 10.6 Å². The number of carbonyl (C=O) groups excluding carboxylic acids is 1. The molecule has 1 aromatic rings. The zero-order valence-corrected chi connectivity index (χ0v) is 11.4. The quantitative estimate of drug-likeness (QED) is 0.753. The first-order valence-corrected chi connectivity index (χ1v) is 6.89. The van der Waals surface area contributed by atoms with Crippen molar-refractivity contribution in [3.05, 3.63) is 29.8 Å². The zero-order valence-electron chi connectivity index (χ0n) is 11.4. The zero-order chi connectivity index (χ0) is 13.5. The molecule has 0 unspecified atom stereocenters. The van der Waals surface area contributed by atoms with Crippen LogP contribution >= 0.6 is 0 Å². The molecular formula is C15H22N2O2. The number of anilines is 1. The highest BCUT2D eigenvalue weighted by molar-refractivity contribution is 5.77. The van der Waals surface area contributed by atoms with Gasteiger partial charge in [-0.25, -0.2) is 0 Å². The molecule has 4 nitrogen and oxygen atoms in total. The van der Waals surface area contributed by atoms with Crippen LogP contribution in [0.2, 0.25) is 0 Å². The number of hydrogen-bond acceptors (Lipinski definition) is 3. The standard InChI is InChI=1S/C15H22N2O2/c1-19-11-9-12-4-2-3-5-14(12)16-10-8-15(18)17-13-6-7-13/h2-5,13,16H,6-11H2,1H3,(H,17,18). The molecule has 0 bridgehead atoms. The molecule has 0 atom stereocenters. The second kappa shape index (κ2) is 7.14. The van der Waals surface area contributed by atoms with Crippen LogP contribution in [-0.2, 0) is 16.0 Å². The van der Waals surface area contributed by atoms with Gasteiger partial charge in [0.1, 0.15) is 0 Å². The fourth-order valence-electron chi connectivity index (χ4n) is 1.96. The highest BCUT2D eigenvalue weighted by Crippen LogP contribution is 2.19. The first kappa shape index (κ1) is 13.9. The van der Waals surface area contributed by atoms with Crippen molar-refractivity contribution in [3.8, 4) is 0 Å². The van der Waals surface area contributed by atoms with Crippen LogP contribution in [0.15, 0.2) is 24.3 Å². The van der Waals surface area contributed by atoms with Gasteiger partial charge in [-0.05, 0) is 30.9 Å². The van der Waals surface area contributed by atoms with Gasteiger partial charge in [0.25, 0.3) is 0 Å². The Morgan fingerprint density at radius 3 is 2.89 bits per heavy atom. The summed E-state index contributed by atoms with van der Waals surface area (Å²) in [4.78, 5) is 11.6. The van der Waals surface area contributed by atoms with E-state index in [0.717, 1.165) is 24.9 Å². The molecule has 0 heterocycles. The largest absolute Gasteiger partial charge is 0.384 e. The molecular weight excluding hydrogens is 240 g/mol. The highest BCUT2D eigenvalue weighted by atomic mass is 16.5. The summed E-state index contributed by atoms with van der Waals surface area (Å²) in [6, 6.07) is 8.61. The van der Waals surface area contributed by atoms with E-state index in [0.29, 0.717) is 25.6 Å². The Labute approximate surface area is 114 Å². The van der Waals surface area contributed by atoms with Crippen LogP contribution in [0.4, 0.5) is 5.69 Å². The van der Waals surface area contributed by atoms with Crippen LogP contribution in [0.3, 0.4) is 0 Å². The van der Waals surface area contributed by atoms with Crippen LogP contribution in [0.1, 0.15) is 24.8 Å².